The molecule has 0 aliphatic carbocycles. The lowest BCUT2D eigenvalue weighted by Crippen LogP contribution is -2.30. The number of nitrogens with zero attached hydrogens (tertiary/aromatic N) is 3. The molecule has 4 rings (SSSR count). The fraction of sp³-hybridized carbons (Fsp3) is 0.348. The van der Waals surface area contributed by atoms with Crippen LogP contribution in [-0.4, -0.2) is 22.6 Å². The molecule has 1 aromatic heterocycles. The fourth-order valence-corrected chi connectivity index (χ4v) is 3.95. The highest BCUT2D eigenvalue weighted by Crippen LogP contribution is 2.36. The Kier molecular flexibility index (Phi) is 4.79. The Labute approximate surface area is 156 Å². The summed E-state index contributed by atoms with van der Waals surface area (Å²) < 4.78 is 2.29. The highest BCUT2D eigenvalue weighted by molar-refractivity contribution is 5.71. The van der Waals surface area contributed by atoms with Gasteiger partial charge in [0.15, 0.2) is 0 Å². The molecule has 0 radical (unpaired) electrons. The van der Waals surface area contributed by atoms with Crippen LogP contribution in [0.2, 0.25) is 0 Å². The fourth-order valence-electron chi connectivity index (χ4n) is 3.95. The number of imidazole rings is 1. The minimum absolute atomic E-state index is 0.459. The van der Waals surface area contributed by atoms with Gasteiger partial charge in [0.2, 0.25) is 0 Å². The average Bonchev–Trinajstić information content (AvgIpc) is 3.18. The lowest BCUT2D eigenvalue weighted by Gasteiger charge is -2.32. The molecule has 2 aromatic carbocycles. The molecule has 0 saturated carbocycles. The van der Waals surface area contributed by atoms with E-state index in [1.54, 1.807) is 0 Å². The summed E-state index contributed by atoms with van der Waals surface area (Å²) in [6.07, 6.45) is 7.92. The van der Waals surface area contributed by atoms with Crippen LogP contribution in [0.1, 0.15) is 44.6 Å². The molecule has 0 atom stereocenters. The normalized spacial score (nSPS) is 14.8. The van der Waals surface area contributed by atoms with Crippen LogP contribution in [-0.2, 0) is 0 Å². The first-order chi connectivity index (χ1) is 12.8. The van der Waals surface area contributed by atoms with Gasteiger partial charge < -0.3 is 4.90 Å². The van der Waals surface area contributed by atoms with Crippen molar-refractivity contribution in [3.63, 3.8) is 0 Å². The van der Waals surface area contributed by atoms with Gasteiger partial charge in [0, 0.05) is 31.0 Å². The van der Waals surface area contributed by atoms with Crippen molar-refractivity contribution < 1.29 is 0 Å². The second kappa shape index (κ2) is 7.36. The molecule has 3 nitrogen and oxygen atoms in total. The number of hydrogen-bond donors (Lipinski definition) is 0. The second-order valence-electron chi connectivity index (χ2n) is 7.40. The zero-order chi connectivity index (χ0) is 17.9. The number of aromatic nitrogens is 2. The van der Waals surface area contributed by atoms with Crippen molar-refractivity contribution in [2.75, 3.05) is 18.0 Å². The maximum absolute atomic E-state index is 4.69. The van der Waals surface area contributed by atoms with E-state index in [9.17, 15) is 0 Å². The number of benzene rings is 2. The van der Waals surface area contributed by atoms with Crippen LogP contribution in [0.3, 0.4) is 0 Å². The summed E-state index contributed by atoms with van der Waals surface area (Å²) in [5.74, 6) is 1.47. The largest absolute Gasteiger partial charge is 0.370 e. The van der Waals surface area contributed by atoms with E-state index in [0.717, 1.165) is 24.5 Å². The molecule has 0 spiro atoms. The molecule has 1 saturated heterocycles. The summed E-state index contributed by atoms with van der Waals surface area (Å²) in [7, 11) is 0. The number of anilines is 1. The second-order valence-corrected chi connectivity index (χ2v) is 7.40. The molecular formula is C23H27N3. The molecule has 0 amide bonds. The van der Waals surface area contributed by atoms with Crippen LogP contribution in [0.5, 0.6) is 0 Å². The van der Waals surface area contributed by atoms with Crippen molar-refractivity contribution >= 4 is 5.69 Å². The highest BCUT2D eigenvalue weighted by atomic mass is 15.2. The maximum Gasteiger partial charge on any atom is 0.144 e. The van der Waals surface area contributed by atoms with Crippen molar-refractivity contribution in [3.8, 4) is 17.1 Å². The first-order valence-electron chi connectivity index (χ1n) is 9.72. The first kappa shape index (κ1) is 16.9. The van der Waals surface area contributed by atoms with E-state index in [2.05, 4.69) is 78.0 Å². The third-order valence-corrected chi connectivity index (χ3v) is 5.28. The molecule has 134 valence electrons. The van der Waals surface area contributed by atoms with Gasteiger partial charge in [-0.3, -0.25) is 4.57 Å². The van der Waals surface area contributed by atoms with Crippen molar-refractivity contribution in [1.82, 2.24) is 9.55 Å². The minimum atomic E-state index is 0.459. The van der Waals surface area contributed by atoms with Crippen LogP contribution < -0.4 is 4.90 Å². The molecule has 2 heterocycles. The van der Waals surface area contributed by atoms with Gasteiger partial charge in [0.25, 0.3) is 0 Å². The van der Waals surface area contributed by atoms with Gasteiger partial charge in [-0.15, -0.1) is 0 Å². The zero-order valence-electron chi connectivity index (χ0n) is 15.7. The Bertz CT molecular complexity index is 858. The van der Waals surface area contributed by atoms with E-state index >= 15 is 0 Å². The Hall–Kier alpha value is -2.55. The molecule has 0 bridgehead atoms. The zero-order valence-corrected chi connectivity index (χ0v) is 15.7. The quantitative estimate of drug-likeness (QED) is 0.609. The number of para-hydroxylation sites is 1. The molecule has 0 N–H and O–H groups in total. The third kappa shape index (κ3) is 3.14. The first-order valence-corrected chi connectivity index (χ1v) is 9.72. The van der Waals surface area contributed by atoms with Gasteiger partial charge in [0.1, 0.15) is 5.82 Å². The molecule has 26 heavy (non-hydrogen) atoms. The Morgan fingerprint density at radius 3 is 2.38 bits per heavy atom. The number of hydrogen-bond acceptors (Lipinski definition) is 2. The summed E-state index contributed by atoms with van der Waals surface area (Å²) in [6.45, 7) is 6.84. The monoisotopic (exact) mass is 345 g/mol. The molecule has 3 aromatic rings. The third-order valence-electron chi connectivity index (χ3n) is 5.28. The molecule has 0 unspecified atom stereocenters. The molecule has 1 fully saturated rings. The predicted octanol–water partition coefficient (Wildman–Crippen LogP) is 5.65. The average molecular weight is 345 g/mol. The number of rotatable bonds is 4. The van der Waals surface area contributed by atoms with Crippen molar-refractivity contribution in [2.45, 2.75) is 39.0 Å². The van der Waals surface area contributed by atoms with Crippen molar-refractivity contribution in [3.05, 3.63) is 66.5 Å². The van der Waals surface area contributed by atoms with E-state index < -0.39 is 0 Å². The lowest BCUT2D eigenvalue weighted by atomic mass is 9.98. The van der Waals surface area contributed by atoms with Crippen LogP contribution in [0.15, 0.2) is 60.9 Å². The van der Waals surface area contributed by atoms with Gasteiger partial charge in [0.05, 0.1) is 11.4 Å². The van der Waals surface area contributed by atoms with Crippen LogP contribution >= 0.6 is 0 Å². The Balaban J connectivity index is 1.90. The summed E-state index contributed by atoms with van der Waals surface area (Å²) in [4.78, 5) is 7.25. The van der Waals surface area contributed by atoms with Gasteiger partial charge in [-0.25, -0.2) is 4.98 Å². The highest BCUT2D eigenvalue weighted by Gasteiger charge is 2.21. The molecule has 1 aliphatic heterocycles. The van der Waals surface area contributed by atoms with Gasteiger partial charge >= 0.3 is 0 Å². The molecule has 3 heteroatoms. The smallest absolute Gasteiger partial charge is 0.144 e. The van der Waals surface area contributed by atoms with Crippen molar-refractivity contribution in [1.29, 1.82) is 0 Å². The van der Waals surface area contributed by atoms with Gasteiger partial charge in [-0.1, -0.05) is 56.3 Å². The Morgan fingerprint density at radius 1 is 0.885 bits per heavy atom. The summed E-state index contributed by atoms with van der Waals surface area (Å²) in [5.41, 5.74) is 5.16. The van der Waals surface area contributed by atoms with E-state index in [1.807, 2.05) is 6.20 Å². The predicted molar refractivity (Wildman–Crippen MR) is 109 cm³/mol. The van der Waals surface area contributed by atoms with E-state index in [-0.39, 0.29) is 0 Å². The number of piperidine rings is 1. The minimum Gasteiger partial charge on any atom is -0.370 e. The standard InChI is InChI=1S/C23H27N3/c1-18(2)20-12-9-13-21(25-15-7-4-8-16-25)22(20)26-17-14-24-23(26)19-10-5-3-6-11-19/h3,5-6,9-14,17-18H,4,7-8,15-16H2,1-2H3. The van der Waals surface area contributed by atoms with Crippen LogP contribution in [0, 0.1) is 0 Å². The van der Waals surface area contributed by atoms with E-state index in [4.69, 9.17) is 4.98 Å². The summed E-state index contributed by atoms with van der Waals surface area (Å²) >= 11 is 0. The molecule has 1 aliphatic rings. The Morgan fingerprint density at radius 2 is 1.65 bits per heavy atom. The molecular weight excluding hydrogens is 318 g/mol. The van der Waals surface area contributed by atoms with E-state index in [0.29, 0.717) is 5.92 Å². The summed E-state index contributed by atoms with van der Waals surface area (Å²) in [6, 6.07) is 17.2. The van der Waals surface area contributed by atoms with Crippen LogP contribution in [0.25, 0.3) is 17.1 Å². The SMILES string of the molecule is CC(C)c1cccc(N2CCCCC2)c1-n1ccnc1-c1ccccc1. The van der Waals surface area contributed by atoms with Crippen LogP contribution in [0.4, 0.5) is 5.69 Å². The van der Waals surface area contributed by atoms with E-state index in [1.165, 1.54) is 36.2 Å². The van der Waals surface area contributed by atoms with Gasteiger partial charge in [-0.05, 0) is 36.8 Å². The summed E-state index contributed by atoms with van der Waals surface area (Å²) in [5, 5.41) is 0. The van der Waals surface area contributed by atoms with Crippen molar-refractivity contribution in [2.24, 2.45) is 0 Å². The lowest BCUT2D eigenvalue weighted by molar-refractivity contribution is 0.576. The van der Waals surface area contributed by atoms with Gasteiger partial charge in [-0.2, -0.15) is 0 Å². The maximum atomic E-state index is 4.69. The topological polar surface area (TPSA) is 21.1 Å².